The molecule has 0 atom stereocenters. The predicted molar refractivity (Wildman–Crippen MR) is 152 cm³/mol. The molecule has 1 amide bonds. The van der Waals surface area contributed by atoms with Gasteiger partial charge in [-0.05, 0) is 48.3 Å². The van der Waals surface area contributed by atoms with E-state index in [1.807, 2.05) is 62.5 Å². The number of para-hydroxylation sites is 2. The number of ether oxygens (including phenoxy) is 1. The number of anilines is 1. The van der Waals surface area contributed by atoms with Crippen molar-refractivity contribution in [2.45, 2.75) is 66.2 Å². The molecule has 2 aliphatic carbocycles. The van der Waals surface area contributed by atoms with Crippen LogP contribution in [-0.2, 0) is 14.4 Å². The van der Waals surface area contributed by atoms with Gasteiger partial charge in [-0.25, -0.2) is 0 Å². The van der Waals surface area contributed by atoms with Gasteiger partial charge in [0.2, 0.25) is 0 Å². The van der Waals surface area contributed by atoms with Gasteiger partial charge < -0.3 is 15.0 Å². The molecular weight excluding hydrogens is 488 g/mol. The van der Waals surface area contributed by atoms with Gasteiger partial charge in [0.15, 0.2) is 18.2 Å². The lowest BCUT2D eigenvalue weighted by Crippen LogP contribution is -2.43. The SMILES string of the molecule is Cc1ccccc1NC(=O)COc1ccccc1C1C2=C(CC(C)(C)CC2=O)N(C)C2=C1C(=O)CC(C)(C)C2. The highest BCUT2D eigenvalue weighted by Crippen LogP contribution is 2.54. The van der Waals surface area contributed by atoms with E-state index in [2.05, 4.69) is 37.9 Å². The number of carbonyl (C=O) groups excluding carboxylic acids is 3. The smallest absolute Gasteiger partial charge is 0.262 e. The molecule has 0 fully saturated rings. The number of nitrogens with zero attached hydrogens (tertiary/aromatic N) is 1. The second-order valence-electron chi connectivity index (χ2n) is 12.8. The zero-order valence-corrected chi connectivity index (χ0v) is 23.8. The lowest BCUT2D eigenvalue weighted by atomic mass is 9.63. The van der Waals surface area contributed by atoms with Crippen molar-refractivity contribution in [1.29, 1.82) is 0 Å². The maximum atomic E-state index is 13.8. The molecular formula is C33H38N2O4. The number of aryl methyl sites for hydroxylation is 1. The van der Waals surface area contributed by atoms with Crippen molar-refractivity contribution >= 4 is 23.2 Å². The zero-order chi connectivity index (χ0) is 28.1. The number of nitrogens with one attached hydrogen (secondary N) is 1. The Balaban J connectivity index is 1.55. The first-order valence-corrected chi connectivity index (χ1v) is 13.7. The number of amides is 1. The molecule has 6 nitrogen and oxygen atoms in total. The minimum absolute atomic E-state index is 0.0781. The standard InChI is InChI=1S/C33H38N2O4/c1-20-11-7-9-13-22(20)34-28(38)19-39-27-14-10-8-12-21(27)29-30-23(15-32(2,3)17-25(30)36)35(6)24-16-33(4,5)18-26(37)31(24)29/h7-14,29H,15-19H2,1-6H3,(H,34,38). The fourth-order valence-electron chi connectivity index (χ4n) is 6.37. The highest BCUT2D eigenvalue weighted by molar-refractivity contribution is 6.07. The van der Waals surface area contributed by atoms with Gasteiger partial charge in [-0.2, -0.15) is 0 Å². The van der Waals surface area contributed by atoms with Crippen LogP contribution in [0.25, 0.3) is 0 Å². The summed E-state index contributed by atoms with van der Waals surface area (Å²) in [5.41, 5.74) is 5.53. The molecule has 0 unspecified atom stereocenters. The summed E-state index contributed by atoms with van der Waals surface area (Å²) in [6.07, 6.45) is 2.38. The Labute approximate surface area is 231 Å². The van der Waals surface area contributed by atoms with Crippen molar-refractivity contribution in [2.24, 2.45) is 10.8 Å². The Morgan fingerprint density at radius 2 is 1.41 bits per heavy atom. The molecule has 0 saturated carbocycles. The molecule has 0 bridgehead atoms. The van der Waals surface area contributed by atoms with Crippen LogP contribution in [0.1, 0.15) is 70.4 Å². The van der Waals surface area contributed by atoms with Crippen LogP contribution < -0.4 is 10.1 Å². The number of allylic oxidation sites excluding steroid dienone is 4. The number of ketones is 2. The average molecular weight is 527 g/mol. The number of hydrogen-bond acceptors (Lipinski definition) is 5. The van der Waals surface area contributed by atoms with Gasteiger partial charge >= 0.3 is 0 Å². The van der Waals surface area contributed by atoms with Gasteiger partial charge in [-0.15, -0.1) is 0 Å². The number of carbonyl (C=O) groups is 3. The van der Waals surface area contributed by atoms with Crippen LogP contribution in [0.3, 0.4) is 0 Å². The first-order valence-electron chi connectivity index (χ1n) is 13.7. The molecule has 2 aromatic carbocycles. The zero-order valence-electron chi connectivity index (χ0n) is 23.8. The Bertz CT molecular complexity index is 1370. The van der Waals surface area contributed by atoms with E-state index in [-0.39, 0.29) is 34.9 Å². The molecule has 2 aromatic rings. The van der Waals surface area contributed by atoms with E-state index in [0.29, 0.717) is 29.7 Å². The summed E-state index contributed by atoms with van der Waals surface area (Å²) in [5, 5.41) is 2.91. The molecule has 3 aliphatic rings. The topological polar surface area (TPSA) is 75.7 Å². The van der Waals surface area contributed by atoms with Crippen molar-refractivity contribution in [3.05, 3.63) is 82.2 Å². The molecule has 39 heavy (non-hydrogen) atoms. The Morgan fingerprint density at radius 1 is 0.872 bits per heavy atom. The molecule has 0 aromatic heterocycles. The minimum atomic E-state index is -0.506. The van der Waals surface area contributed by atoms with Gasteiger partial charge in [-0.1, -0.05) is 64.1 Å². The van der Waals surface area contributed by atoms with Crippen molar-refractivity contribution < 1.29 is 19.1 Å². The normalized spacial score (nSPS) is 20.5. The van der Waals surface area contributed by atoms with Gasteiger partial charge in [-0.3, -0.25) is 14.4 Å². The lowest BCUT2D eigenvalue weighted by molar-refractivity contribution is -0.120. The van der Waals surface area contributed by atoms with Crippen LogP contribution >= 0.6 is 0 Å². The molecule has 1 heterocycles. The summed E-state index contributed by atoms with van der Waals surface area (Å²) in [4.78, 5) is 42.5. The van der Waals surface area contributed by atoms with Gasteiger partial charge in [0.1, 0.15) is 5.75 Å². The molecule has 1 N–H and O–H groups in total. The van der Waals surface area contributed by atoms with Crippen LogP contribution in [0.2, 0.25) is 0 Å². The lowest BCUT2D eigenvalue weighted by Gasteiger charge is -2.48. The van der Waals surface area contributed by atoms with E-state index in [1.165, 1.54) is 0 Å². The van der Waals surface area contributed by atoms with Crippen molar-refractivity contribution in [3.63, 3.8) is 0 Å². The Kier molecular flexibility index (Phi) is 6.78. The number of hydrogen-bond donors (Lipinski definition) is 1. The minimum Gasteiger partial charge on any atom is -0.483 e. The van der Waals surface area contributed by atoms with Crippen LogP contribution in [0.5, 0.6) is 5.75 Å². The van der Waals surface area contributed by atoms with Crippen molar-refractivity contribution in [2.75, 3.05) is 19.0 Å². The number of benzene rings is 2. The molecule has 204 valence electrons. The Hall–Kier alpha value is -3.67. The fraction of sp³-hybridized carbons (Fsp3) is 0.424. The van der Waals surface area contributed by atoms with Crippen molar-refractivity contribution in [3.8, 4) is 5.75 Å². The largest absolute Gasteiger partial charge is 0.483 e. The quantitative estimate of drug-likeness (QED) is 0.493. The summed E-state index contributed by atoms with van der Waals surface area (Å²) in [6.45, 7) is 10.3. The van der Waals surface area contributed by atoms with Crippen LogP contribution in [0, 0.1) is 17.8 Å². The van der Waals surface area contributed by atoms with Gasteiger partial charge in [0.25, 0.3) is 5.91 Å². The molecule has 0 saturated heterocycles. The molecule has 0 radical (unpaired) electrons. The maximum Gasteiger partial charge on any atom is 0.262 e. The van der Waals surface area contributed by atoms with E-state index < -0.39 is 5.92 Å². The van der Waals surface area contributed by atoms with E-state index >= 15 is 0 Å². The first-order chi connectivity index (χ1) is 18.4. The molecule has 1 aliphatic heterocycles. The molecule has 5 rings (SSSR count). The third-order valence-electron chi connectivity index (χ3n) is 8.19. The van der Waals surface area contributed by atoms with E-state index in [1.54, 1.807) is 0 Å². The third-order valence-corrected chi connectivity index (χ3v) is 8.19. The second-order valence-corrected chi connectivity index (χ2v) is 12.8. The van der Waals surface area contributed by atoms with Crippen LogP contribution in [-0.4, -0.2) is 36.0 Å². The fourth-order valence-corrected chi connectivity index (χ4v) is 6.37. The second kappa shape index (κ2) is 9.82. The van der Waals surface area contributed by atoms with E-state index in [9.17, 15) is 14.4 Å². The van der Waals surface area contributed by atoms with E-state index in [4.69, 9.17) is 4.74 Å². The summed E-state index contributed by atoms with van der Waals surface area (Å²) in [7, 11) is 2.00. The first kappa shape index (κ1) is 26.9. The highest BCUT2D eigenvalue weighted by atomic mass is 16.5. The summed E-state index contributed by atoms with van der Waals surface area (Å²) in [5.74, 6) is -0.105. The number of rotatable bonds is 5. The maximum absolute atomic E-state index is 13.8. The average Bonchev–Trinajstić information content (AvgIpc) is 2.84. The highest BCUT2D eigenvalue weighted by Gasteiger charge is 2.48. The predicted octanol–water partition coefficient (Wildman–Crippen LogP) is 6.33. The van der Waals surface area contributed by atoms with E-state index in [0.717, 1.165) is 41.1 Å². The Morgan fingerprint density at radius 3 is 2.00 bits per heavy atom. The molecule has 0 spiro atoms. The van der Waals surface area contributed by atoms with Crippen molar-refractivity contribution in [1.82, 2.24) is 4.90 Å². The van der Waals surface area contributed by atoms with Crippen LogP contribution in [0.15, 0.2) is 71.1 Å². The summed E-state index contributed by atoms with van der Waals surface area (Å²) >= 11 is 0. The monoisotopic (exact) mass is 526 g/mol. The molecule has 6 heteroatoms. The summed E-state index contributed by atoms with van der Waals surface area (Å²) < 4.78 is 6.11. The van der Waals surface area contributed by atoms with Crippen LogP contribution in [0.4, 0.5) is 5.69 Å². The third kappa shape index (κ3) is 5.17. The number of Topliss-reactive ketones (excluding diaryl/α,β-unsaturated/α-hetero) is 2. The summed E-state index contributed by atoms with van der Waals surface area (Å²) in [6, 6.07) is 15.1. The van der Waals surface area contributed by atoms with Gasteiger partial charge in [0.05, 0.1) is 0 Å². The van der Waals surface area contributed by atoms with Gasteiger partial charge in [0, 0.05) is 59.6 Å².